The second kappa shape index (κ2) is 10.7. The van der Waals surface area contributed by atoms with Crippen molar-refractivity contribution in [3.05, 3.63) is 35.9 Å². The van der Waals surface area contributed by atoms with Crippen molar-refractivity contribution in [3.8, 4) is 0 Å². The van der Waals surface area contributed by atoms with E-state index in [0.717, 1.165) is 18.1 Å². The summed E-state index contributed by atoms with van der Waals surface area (Å²) in [6, 6.07) is 10.5. The summed E-state index contributed by atoms with van der Waals surface area (Å²) in [4.78, 5) is 16.5. The van der Waals surface area contributed by atoms with Crippen LogP contribution in [0.1, 0.15) is 51.0 Å². The minimum Gasteiger partial charge on any atom is -0.357 e. The summed E-state index contributed by atoms with van der Waals surface area (Å²) in [6.45, 7) is 3.97. The van der Waals surface area contributed by atoms with Gasteiger partial charge in [0.25, 0.3) is 0 Å². The highest BCUT2D eigenvalue weighted by Gasteiger charge is 2.14. The van der Waals surface area contributed by atoms with E-state index in [2.05, 4.69) is 27.9 Å². The van der Waals surface area contributed by atoms with Gasteiger partial charge >= 0.3 is 0 Å². The zero-order chi connectivity index (χ0) is 17.0. The highest BCUT2D eigenvalue weighted by Crippen LogP contribution is 2.17. The van der Waals surface area contributed by atoms with E-state index in [1.807, 2.05) is 30.3 Å². The van der Waals surface area contributed by atoms with Gasteiger partial charge in [0.2, 0.25) is 5.91 Å². The first-order chi connectivity index (χ1) is 11.8. The highest BCUT2D eigenvalue weighted by molar-refractivity contribution is 5.81. The molecule has 24 heavy (non-hydrogen) atoms. The van der Waals surface area contributed by atoms with Gasteiger partial charge in [0.1, 0.15) is 0 Å². The van der Waals surface area contributed by atoms with Crippen LogP contribution in [0.2, 0.25) is 0 Å². The van der Waals surface area contributed by atoms with Crippen molar-refractivity contribution in [1.29, 1.82) is 0 Å². The van der Waals surface area contributed by atoms with Crippen molar-refractivity contribution in [1.82, 2.24) is 16.0 Å². The molecule has 1 saturated carbocycles. The Labute approximate surface area is 145 Å². The standard InChI is InChI=1S/C19H30N4O/c1-2-20-19(23-17-11-7-4-8-12-17)21-14-13-18(24)22-15-16-9-5-3-6-10-16/h3,5-6,9-10,17H,2,4,7-8,11-15H2,1H3,(H,22,24)(H2,20,21,23). The molecule has 1 aliphatic rings. The van der Waals surface area contributed by atoms with Gasteiger partial charge < -0.3 is 16.0 Å². The predicted octanol–water partition coefficient (Wildman–Crippen LogP) is 2.58. The van der Waals surface area contributed by atoms with Crippen molar-refractivity contribution in [3.63, 3.8) is 0 Å². The van der Waals surface area contributed by atoms with Crippen LogP contribution in [0.15, 0.2) is 35.3 Å². The molecule has 5 nitrogen and oxygen atoms in total. The Balaban J connectivity index is 1.71. The van der Waals surface area contributed by atoms with Gasteiger partial charge in [-0.2, -0.15) is 0 Å². The number of guanidine groups is 1. The molecule has 0 saturated heterocycles. The van der Waals surface area contributed by atoms with E-state index in [-0.39, 0.29) is 5.91 Å². The third-order valence-electron chi connectivity index (χ3n) is 4.23. The lowest BCUT2D eigenvalue weighted by Crippen LogP contribution is -2.44. The normalized spacial score (nSPS) is 15.8. The number of aliphatic imine (C=N–C) groups is 1. The first-order valence-corrected chi connectivity index (χ1v) is 9.13. The molecule has 0 aliphatic heterocycles. The van der Waals surface area contributed by atoms with E-state index in [4.69, 9.17) is 0 Å². The Hall–Kier alpha value is -2.04. The molecule has 132 valence electrons. The summed E-state index contributed by atoms with van der Waals surface area (Å²) < 4.78 is 0. The van der Waals surface area contributed by atoms with Gasteiger partial charge in [-0.1, -0.05) is 49.6 Å². The van der Waals surface area contributed by atoms with Crippen LogP contribution in [0.4, 0.5) is 0 Å². The van der Waals surface area contributed by atoms with Gasteiger partial charge in [0.05, 0.1) is 6.54 Å². The van der Waals surface area contributed by atoms with E-state index in [9.17, 15) is 4.79 Å². The molecule has 1 aromatic rings. The lowest BCUT2D eigenvalue weighted by atomic mass is 9.96. The lowest BCUT2D eigenvalue weighted by Gasteiger charge is -2.24. The molecule has 0 bridgehead atoms. The van der Waals surface area contributed by atoms with Crippen LogP contribution >= 0.6 is 0 Å². The molecular weight excluding hydrogens is 300 g/mol. The number of amides is 1. The molecular formula is C19H30N4O. The molecule has 1 aliphatic carbocycles. The van der Waals surface area contributed by atoms with Gasteiger partial charge in [-0.3, -0.25) is 9.79 Å². The maximum atomic E-state index is 11.9. The maximum absolute atomic E-state index is 11.9. The van der Waals surface area contributed by atoms with Gasteiger partial charge in [-0.25, -0.2) is 0 Å². The molecule has 0 spiro atoms. The molecule has 1 fully saturated rings. The van der Waals surface area contributed by atoms with Crippen LogP contribution in [-0.2, 0) is 11.3 Å². The molecule has 1 amide bonds. The zero-order valence-corrected chi connectivity index (χ0v) is 14.7. The average molecular weight is 330 g/mol. The number of nitrogens with zero attached hydrogens (tertiary/aromatic N) is 1. The van der Waals surface area contributed by atoms with Crippen molar-refractivity contribution in [2.75, 3.05) is 13.1 Å². The summed E-state index contributed by atoms with van der Waals surface area (Å²) in [5.74, 6) is 0.872. The Kier molecular flexibility index (Phi) is 8.15. The fourth-order valence-electron chi connectivity index (χ4n) is 2.91. The number of nitrogens with one attached hydrogen (secondary N) is 3. The number of benzene rings is 1. The average Bonchev–Trinajstić information content (AvgIpc) is 2.62. The second-order valence-corrected chi connectivity index (χ2v) is 6.25. The van der Waals surface area contributed by atoms with Crippen molar-refractivity contribution >= 4 is 11.9 Å². The Bertz CT molecular complexity index is 509. The number of carbonyl (C=O) groups is 1. The van der Waals surface area contributed by atoms with Crippen molar-refractivity contribution in [2.24, 2.45) is 4.99 Å². The summed E-state index contributed by atoms with van der Waals surface area (Å²) in [5.41, 5.74) is 1.11. The quantitative estimate of drug-likeness (QED) is 0.532. The first-order valence-electron chi connectivity index (χ1n) is 9.13. The molecule has 0 radical (unpaired) electrons. The summed E-state index contributed by atoms with van der Waals surface area (Å²) in [5, 5.41) is 9.70. The molecule has 0 heterocycles. The minimum absolute atomic E-state index is 0.0381. The van der Waals surface area contributed by atoms with Crippen molar-refractivity contribution < 1.29 is 4.79 Å². The fraction of sp³-hybridized carbons (Fsp3) is 0.579. The smallest absolute Gasteiger partial charge is 0.222 e. The summed E-state index contributed by atoms with van der Waals surface area (Å²) in [7, 11) is 0. The zero-order valence-electron chi connectivity index (χ0n) is 14.7. The van der Waals surface area contributed by atoms with Crippen LogP contribution in [0, 0.1) is 0 Å². The molecule has 5 heteroatoms. The van der Waals surface area contributed by atoms with E-state index in [1.54, 1.807) is 0 Å². The third-order valence-corrected chi connectivity index (χ3v) is 4.23. The molecule has 2 rings (SSSR count). The largest absolute Gasteiger partial charge is 0.357 e. The third kappa shape index (κ3) is 7.02. The first kappa shape index (κ1) is 18.3. The summed E-state index contributed by atoms with van der Waals surface area (Å²) >= 11 is 0. The molecule has 1 aromatic carbocycles. The predicted molar refractivity (Wildman–Crippen MR) is 98.9 cm³/mol. The van der Waals surface area contributed by atoms with E-state index in [0.29, 0.717) is 25.6 Å². The Morgan fingerprint density at radius 3 is 2.58 bits per heavy atom. The number of carbonyl (C=O) groups excluding carboxylic acids is 1. The van der Waals surface area contributed by atoms with Gasteiger partial charge in [0, 0.05) is 25.6 Å². The Morgan fingerprint density at radius 2 is 1.88 bits per heavy atom. The maximum Gasteiger partial charge on any atom is 0.222 e. The van der Waals surface area contributed by atoms with Crippen molar-refractivity contribution in [2.45, 2.75) is 58.0 Å². The summed E-state index contributed by atoms with van der Waals surface area (Å²) in [6.07, 6.45) is 6.75. The second-order valence-electron chi connectivity index (χ2n) is 6.25. The van der Waals surface area contributed by atoms with E-state index in [1.165, 1.54) is 32.1 Å². The van der Waals surface area contributed by atoms with Crippen LogP contribution in [0.25, 0.3) is 0 Å². The SMILES string of the molecule is CCNC(=NCCC(=O)NCc1ccccc1)NC1CCCCC1. The molecule has 0 unspecified atom stereocenters. The van der Waals surface area contributed by atoms with Gasteiger partial charge in [-0.15, -0.1) is 0 Å². The van der Waals surface area contributed by atoms with Crippen LogP contribution in [0.5, 0.6) is 0 Å². The number of rotatable bonds is 7. The fourth-order valence-corrected chi connectivity index (χ4v) is 2.91. The monoisotopic (exact) mass is 330 g/mol. The van der Waals surface area contributed by atoms with Crippen LogP contribution < -0.4 is 16.0 Å². The molecule has 0 atom stereocenters. The highest BCUT2D eigenvalue weighted by atomic mass is 16.1. The van der Waals surface area contributed by atoms with E-state index < -0.39 is 0 Å². The molecule has 3 N–H and O–H groups in total. The topological polar surface area (TPSA) is 65.5 Å². The van der Waals surface area contributed by atoms with Crippen LogP contribution in [-0.4, -0.2) is 31.0 Å². The van der Waals surface area contributed by atoms with Gasteiger partial charge in [-0.05, 0) is 25.3 Å². The molecule has 0 aromatic heterocycles. The Morgan fingerprint density at radius 1 is 1.12 bits per heavy atom. The number of hydrogen-bond donors (Lipinski definition) is 3. The number of hydrogen-bond acceptors (Lipinski definition) is 2. The van der Waals surface area contributed by atoms with E-state index >= 15 is 0 Å². The van der Waals surface area contributed by atoms with Gasteiger partial charge in [0.15, 0.2) is 5.96 Å². The minimum atomic E-state index is 0.0381. The van der Waals surface area contributed by atoms with Crippen LogP contribution in [0.3, 0.4) is 0 Å². The lowest BCUT2D eigenvalue weighted by molar-refractivity contribution is -0.121.